The molecule has 0 amide bonds. The summed E-state index contributed by atoms with van der Waals surface area (Å²) in [5.41, 5.74) is -0.262. The van der Waals surface area contributed by atoms with E-state index in [4.69, 9.17) is 15.4 Å². The summed E-state index contributed by atoms with van der Waals surface area (Å²) in [6.07, 6.45) is 0. The molecule has 1 atom stereocenters. The van der Waals surface area contributed by atoms with E-state index >= 15 is 0 Å². The lowest BCUT2D eigenvalue weighted by molar-refractivity contribution is 0.163. The van der Waals surface area contributed by atoms with Gasteiger partial charge in [0.1, 0.15) is 11.6 Å². The smallest absolute Gasteiger partial charge is 0.233 e. The Bertz CT molecular complexity index is 506. The fraction of sp³-hybridized carbons (Fsp3) is 0.538. The van der Waals surface area contributed by atoms with Crippen LogP contribution in [0.1, 0.15) is 20.8 Å². The van der Waals surface area contributed by atoms with Gasteiger partial charge in [-0.15, -0.1) is 0 Å². The maximum Gasteiger partial charge on any atom is 0.233 e. The first-order valence-corrected chi connectivity index (χ1v) is 8.36. The van der Waals surface area contributed by atoms with Gasteiger partial charge in [-0.25, -0.2) is 12.8 Å². The highest BCUT2D eigenvalue weighted by Crippen LogP contribution is 2.29. The molecule has 0 bridgehead atoms. The van der Waals surface area contributed by atoms with Gasteiger partial charge in [0.15, 0.2) is 0 Å². The highest BCUT2D eigenvalue weighted by molar-refractivity contribution is 8.13. The predicted octanol–water partition coefficient (Wildman–Crippen LogP) is 3.44. The molecule has 0 spiro atoms. The molecule has 0 saturated heterocycles. The SMILES string of the molecule is CC(C)(C)C(COc1ccc(F)cc1)CS(=O)(=O)Cl. The zero-order chi connectivity index (χ0) is 14.7. The highest BCUT2D eigenvalue weighted by Gasteiger charge is 2.29. The minimum absolute atomic E-state index is 0.154. The molecule has 1 rings (SSSR count). The van der Waals surface area contributed by atoms with Crippen LogP contribution in [0.4, 0.5) is 4.39 Å². The van der Waals surface area contributed by atoms with Gasteiger partial charge in [0, 0.05) is 16.6 Å². The average Bonchev–Trinajstić information content (AvgIpc) is 2.23. The van der Waals surface area contributed by atoms with E-state index < -0.39 is 9.05 Å². The van der Waals surface area contributed by atoms with E-state index in [0.29, 0.717) is 5.75 Å². The molecule has 0 fully saturated rings. The molecule has 1 aromatic carbocycles. The van der Waals surface area contributed by atoms with Gasteiger partial charge in [0.25, 0.3) is 0 Å². The van der Waals surface area contributed by atoms with Crippen LogP contribution in [0.25, 0.3) is 0 Å². The van der Waals surface area contributed by atoms with Gasteiger partial charge in [-0.05, 0) is 29.7 Å². The molecule has 0 aromatic heterocycles. The van der Waals surface area contributed by atoms with Crippen molar-refractivity contribution < 1.29 is 17.5 Å². The topological polar surface area (TPSA) is 43.4 Å². The number of hydrogen-bond donors (Lipinski definition) is 0. The van der Waals surface area contributed by atoms with Crippen LogP contribution in [-0.2, 0) is 9.05 Å². The first-order valence-electron chi connectivity index (χ1n) is 5.88. The van der Waals surface area contributed by atoms with Crippen molar-refractivity contribution in [3.8, 4) is 5.75 Å². The van der Waals surface area contributed by atoms with E-state index in [9.17, 15) is 12.8 Å². The molecule has 0 aliphatic carbocycles. The third kappa shape index (κ3) is 6.25. The number of hydrogen-bond acceptors (Lipinski definition) is 3. The van der Waals surface area contributed by atoms with Crippen molar-refractivity contribution in [3.63, 3.8) is 0 Å². The molecular formula is C13H18ClFO3S. The maximum absolute atomic E-state index is 12.7. The van der Waals surface area contributed by atoms with Gasteiger partial charge in [0.2, 0.25) is 9.05 Å². The Hall–Kier alpha value is -0.810. The molecular weight excluding hydrogens is 291 g/mol. The van der Waals surface area contributed by atoms with Crippen LogP contribution in [0, 0.1) is 17.2 Å². The second-order valence-electron chi connectivity index (χ2n) is 5.53. The molecule has 0 radical (unpaired) electrons. The van der Waals surface area contributed by atoms with Crippen LogP contribution in [-0.4, -0.2) is 20.8 Å². The van der Waals surface area contributed by atoms with E-state index in [0.717, 1.165) is 0 Å². The Kier molecular flexibility index (Phi) is 5.21. The molecule has 19 heavy (non-hydrogen) atoms. The Morgan fingerprint density at radius 3 is 2.21 bits per heavy atom. The lowest BCUT2D eigenvalue weighted by Crippen LogP contribution is -2.31. The molecule has 0 heterocycles. The van der Waals surface area contributed by atoms with Crippen molar-refractivity contribution in [2.75, 3.05) is 12.4 Å². The largest absolute Gasteiger partial charge is 0.493 e. The molecule has 0 aliphatic heterocycles. The summed E-state index contributed by atoms with van der Waals surface area (Å²) in [5.74, 6) is -0.245. The summed E-state index contributed by atoms with van der Waals surface area (Å²) in [6, 6.07) is 5.59. The Labute approximate surface area is 118 Å². The Morgan fingerprint density at radius 1 is 1.26 bits per heavy atom. The summed E-state index contributed by atoms with van der Waals surface area (Å²) in [5, 5.41) is 0. The van der Waals surface area contributed by atoms with Gasteiger partial charge in [-0.3, -0.25) is 0 Å². The molecule has 3 nitrogen and oxygen atoms in total. The fourth-order valence-electron chi connectivity index (χ4n) is 1.52. The second-order valence-corrected chi connectivity index (χ2v) is 8.35. The van der Waals surface area contributed by atoms with E-state index in [1.807, 2.05) is 20.8 Å². The third-order valence-electron chi connectivity index (χ3n) is 2.89. The maximum atomic E-state index is 12.7. The lowest BCUT2D eigenvalue weighted by Gasteiger charge is -2.29. The Balaban J connectivity index is 2.71. The van der Waals surface area contributed by atoms with E-state index in [1.54, 1.807) is 0 Å². The van der Waals surface area contributed by atoms with Crippen LogP contribution in [0.2, 0.25) is 0 Å². The minimum atomic E-state index is -3.59. The fourth-order valence-corrected chi connectivity index (χ4v) is 3.05. The first-order chi connectivity index (χ1) is 8.58. The third-order valence-corrected chi connectivity index (χ3v) is 4.07. The van der Waals surface area contributed by atoms with Crippen molar-refractivity contribution in [1.82, 2.24) is 0 Å². The number of ether oxygens (including phenoxy) is 1. The summed E-state index contributed by atoms with van der Waals surface area (Å²) in [7, 11) is 1.72. The first kappa shape index (κ1) is 16.2. The van der Waals surface area contributed by atoms with E-state index in [1.165, 1.54) is 24.3 Å². The van der Waals surface area contributed by atoms with Crippen molar-refractivity contribution >= 4 is 19.7 Å². The second kappa shape index (κ2) is 6.09. The summed E-state index contributed by atoms with van der Waals surface area (Å²) >= 11 is 0. The molecule has 1 aromatic rings. The zero-order valence-electron chi connectivity index (χ0n) is 11.2. The van der Waals surface area contributed by atoms with Crippen molar-refractivity contribution in [3.05, 3.63) is 30.1 Å². The van der Waals surface area contributed by atoms with Crippen LogP contribution in [0.3, 0.4) is 0 Å². The Morgan fingerprint density at radius 2 is 1.79 bits per heavy atom. The molecule has 0 N–H and O–H groups in total. The minimum Gasteiger partial charge on any atom is -0.493 e. The van der Waals surface area contributed by atoms with Crippen LogP contribution in [0.15, 0.2) is 24.3 Å². The summed E-state index contributed by atoms with van der Waals surface area (Å²) < 4.78 is 40.7. The molecule has 0 saturated carbocycles. The number of rotatable bonds is 5. The predicted molar refractivity (Wildman–Crippen MR) is 74.5 cm³/mol. The molecule has 6 heteroatoms. The summed E-state index contributed by atoms with van der Waals surface area (Å²) in [4.78, 5) is 0. The van der Waals surface area contributed by atoms with Gasteiger partial charge in [-0.2, -0.15) is 0 Å². The monoisotopic (exact) mass is 308 g/mol. The van der Waals surface area contributed by atoms with Gasteiger partial charge < -0.3 is 4.74 Å². The van der Waals surface area contributed by atoms with Crippen LogP contribution < -0.4 is 4.74 Å². The van der Waals surface area contributed by atoms with Crippen LogP contribution >= 0.6 is 10.7 Å². The quantitative estimate of drug-likeness (QED) is 0.783. The van der Waals surface area contributed by atoms with Crippen LogP contribution in [0.5, 0.6) is 5.75 Å². The van der Waals surface area contributed by atoms with Gasteiger partial charge in [0.05, 0.1) is 12.4 Å². The molecule has 108 valence electrons. The van der Waals surface area contributed by atoms with E-state index in [-0.39, 0.29) is 29.5 Å². The zero-order valence-corrected chi connectivity index (χ0v) is 12.8. The van der Waals surface area contributed by atoms with Crippen molar-refractivity contribution in [2.24, 2.45) is 11.3 Å². The number of benzene rings is 1. The number of halogens is 2. The molecule has 1 unspecified atom stereocenters. The van der Waals surface area contributed by atoms with Crippen molar-refractivity contribution in [1.29, 1.82) is 0 Å². The normalized spacial score (nSPS) is 14.2. The molecule has 0 aliphatic rings. The standard InChI is InChI=1S/C13H18ClFO3S/c1-13(2,3)10(9-19(14,16)17)8-18-12-6-4-11(15)5-7-12/h4-7,10H,8-9H2,1-3H3. The summed E-state index contributed by atoms with van der Waals surface area (Å²) in [6.45, 7) is 5.98. The lowest BCUT2D eigenvalue weighted by atomic mass is 9.82. The van der Waals surface area contributed by atoms with Gasteiger partial charge >= 0.3 is 0 Å². The van der Waals surface area contributed by atoms with E-state index in [2.05, 4.69) is 0 Å². The highest BCUT2D eigenvalue weighted by atomic mass is 35.7. The van der Waals surface area contributed by atoms with Crippen molar-refractivity contribution in [2.45, 2.75) is 20.8 Å². The van der Waals surface area contributed by atoms with Gasteiger partial charge in [-0.1, -0.05) is 20.8 Å². The average molecular weight is 309 g/mol.